The predicted octanol–water partition coefficient (Wildman–Crippen LogP) is 0.936. The molecule has 2 aliphatic rings. The number of ether oxygens (including phenoxy) is 2. The molecule has 0 bridgehead atoms. The van der Waals surface area contributed by atoms with E-state index in [0.717, 1.165) is 6.42 Å². The van der Waals surface area contributed by atoms with Crippen molar-refractivity contribution in [2.75, 3.05) is 19.8 Å². The van der Waals surface area contributed by atoms with Crippen LogP contribution >= 0.6 is 0 Å². The monoisotopic (exact) mass is 276 g/mol. The number of rotatable bonds is 4. The van der Waals surface area contributed by atoms with E-state index in [-0.39, 0.29) is 10.9 Å². The Labute approximate surface area is 109 Å². The summed E-state index contributed by atoms with van der Waals surface area (Å²) in [4.78, 5) is 11.1. The molecule has 18 heavy (non-hydrogen) atoms. The zero-order valence-electron chi connectivity index (χ0n) is 10.6. The van der Waals surface area contributed by atoms with E-state index >= 15 is 0 Å². The van der Waals surface area contributed by atoms with Crippen molar-refractivity contribution in [1.82, 2.24) is 0 Å². The lowest BCUT2D eigenvalue weighted by molar-refractivity contribution is -0.136. The maximum atomic E-state index is 12.3. The van der Waals surface area contributed by atoms with Crippen LogP contribution in [0.15, 0.2) is 0 Å². The van der Waals surface area contributed by atoms with Crippen molar-refractivity contribution in [1.29, 1.82) is 0 Å². The Balaban J connectivity index is 2.04. The molecular weight excluding hydrogens is 256 g/mol. The largest absolute Gasteiger partial charge is 0.480 e. The SMILES string of the molecule is CCC(C(=O)O)S(=O)C1CCOC2(CCOC2)C1. The number of hydrogen-bond donors (Lipinski definition) is 1. The van der Waals surface area contributed by atoms with Gasteiger partial charge in [-0.05, 0) is 19.3 Å². The van der Waals surface area contributed by atoms with Crippen LogP contribution in [0.1, 0.15) is 32.6 Å². The third-order valence-corrected chi connectivity index (χ3v) is 5.93. The third kappa shape index (κ3) is 2.75. The minimum absolute atomic E-state index is 0.0819. The second-order valence-corrected chi connectivity index (χ2v) is 6.91. The van der Waals surface area contributed by atoms with Gasteiger partial charge in [0.1, 0.15) is 5.25 Å². The van der Waals surface area contributed by atoms with Crippen LogP contribution in [0.25, 0.3) is 0 Å². The summed E-state index contributed by atoms with van der Waals surface area (Å²) in [7, 11) is -1.33. The van der Waals surface area contributed by atoms with Crippen LogP contribution in [0.4, 0.5) is 0 Å². The normalized spacial score (nSPS) is 35.5. The Hall–Kier alpha value is -0.460. The molecule has 1 N–H and O–H groups in total. The molecule has 2 aliphatic heterocycles. The van der Waals surface area contributed by atoms with Gasteiger partial charge in [-0.15, -0.1) is 0 Å². The van der Waals surface area contributed by atoms with Crippen LogP contribution in [0.3, 0.4) is 0 Å². The molecule has 104 valence electrons. The number of carboxylic acid groups (broad SMARTS) is 1. The molecule has 0 aromatic heterocycles. The Bertz CT molecular complexity index is 337. The Morgan fingerprint density at radius 2 is 2.33 bits per heavy atom. The van der Waals surface area contributed by atoms with Gasteiger partial charge in [-0.1, -0.05) is 6.92 Å². The Morgan fingerprint density at radius 3 is 2.89 bits per heavy atom. The topological polar surface area (TPSA) is 72.8 Å². The fraction of sp³-hybridized carbons (Fsp3) is 0.917. The van der Waals surface area contributed by atoms with E-state index in [9.17, 15) is 9.00 Å². The molecule has 0 saturated carbocycles. The first-order valence-electron chi connectivity index (χ1n) is 6.42. The van der Waals surface area contributed by atoms with Crippen molar-refractivity contribution in [3.05, 3.63) is 0 Å². The highest BCUT2D eigenvalue weighted by atomic mass is 32.2. The van der Waals surface area contributed by atoms with Crippen molar-refractivity contribution in [2.45, 2.75) is 48.7 Å². The summed E-state index contributed by atoms with van der Waals surface area (Å²) in [6, 6.07) is 0. The van der Waals surface area contributed by atoms with E-state index in [4.69, 9.17) is 14.6 Å². The summed E-state index contributed by atoms with van der Waals surface area (Å²) in [5.74, 6) is -0.959. The Kier molecular flexibility index (Phi) is 4.40. The molecule has 4 unspecified atom stereocenters. The van der Waals surface area contributed by atoms with Gasteiger partial charge >= 0.3 is 5.97 Å². The van der Waals surface area contributed by atoms with Crippen molar-refractivity contribution >= 4 is 16.8 Å². The van der Waals surface area contributed by atoms with Gasteiger partial charge in [-0.3, -0.25) is 9.00 Å². The van der Waals surface area contributed by atoms with E-state index in [1.807, 2.05) is 0 Å². The summed E-state index contributed by atoms with van der Waals surface area (Å²) in [5, 5.41) is 8.24. The van der Waals surface area contributed by atoms with Crippen molar-refractivity contribution in [2.24, 2.45) is 0 Å². The molecule has 5 nitrogen and oxygen atoms in total. The molecule has 2 saturated heterocycles. The lowest BCUT2D eigenvalue weighted by atomic mass is 9.93. The van der Waals surface area contributed by atoms with Crippen LogP contribution in [0, 0.1) is 0 Å². The van der Waals surface area contributed by atoms with E-state index in [2.05, 4.69) is 0 Å². The molecular formula is C12H20O5S. The molecule has 0 aromatic carbocycles. The smallest absolute Gasteiger partial charge is 0.319 e. The first kappa shape index (κ1) is 14.0. The van der Waals surface area contributed by atoms with Crippen LogP contribution in [0.5, 0.6) is 0 Å². The average molecular weight is 276 g/mol. The highest BCUT2D eigenvalue weighted by molar-refractivity contribution is 7.87. The van der Waals surface area contributed by atoms with Crippen LogP contribution in [0.2, 0.25) is 0 Å². The molecule has 1 spiro atoms. The molecule has 0 aromatic rings. The molecule has 4 atom stereocenters. The highest BCUT2D eigenvalue weighted by Gasteiger charge is 2.44. The summed E-state index contributed by atoms with van der Waals surface area (Å²) in [6.45, 7) is 3.54. The van der Waals surface area contributed by atoms with Crippen LogP contribution in [-0.4, -0.2) is 51.2 Å². The zero-order valence-corrected chi connectivity index (χ0v) is 11.4. The van der Waals surface area contributed by atoms with Gasteiger partial charge in [0.15, 0.2) is 0 Å². The number of hydrogen-bond acceptors (Lipinski definition) is 4. The lowest BCUT2D eigenvalue weighted by Crippen LogP contribution is -2.46. The number of carbonyl (C=O) groups is 1. The maximum Gasteiger partial charge on any atom is 0.319 e. The first-order chi connectivity index (χ1) is 8.58. The van der Waals surface area contributed by atoms with E-state index in [1.165, 1.54) is 0 Å². The second kappa shape index (κ2) is 5.67. The van der Waals surface area contributed by atoms with E-state index in [0.29, 0.717) is 39.1 Å². The quantitative estimate of drug-likeness (QED) is 0.827. The van der Waals surface area contributed by atoms with Gasteiger partial charge in [0, 0.05) is 35.7 Å². The second-order valence-electron chi connectivity index (χ2n) is 5.01. The first-order valence-corrected chi connectivity index (χ1v) is 7.69. The summed E-state index contributed by atoms with van der Waals surface area (Å²) < 4.78 is 23.5. The van der Waals surface area contributed by atoms with Gasteiger partial charge in [0.25, 0.3) is 0 Å². The fourth-order valence-electron chi connectivity index (χ4n) is 2.71. The summed E-state index contributed by atoms with van der Waals surface area (Å²) in [5.41, 5.74) is -0.310. The van der Waals surface area contributed by atoms with Gasteiger partial charge < -0.3 is 14.6 Å². The van der Waals surface area contributed by atoms with Gasteiger partial charge in [0.2, 0.25) is 0 Å². The average Bonchev–Trinajstić information content (AvgIpc) is 2.77. The van der Waals surface area contributed by atoms with Gasteiger partial charge in [-0.25, -0.2) is 0 Å². The third-order valence-electron chi connectivity index (χ3n) is 3.77. The standard InChI is InChI=1S/C12H20O5S/c1-2-10(11(13)14)18(15)9-3-5-17-12(7-9)4-6-16-8-12/h9-10H,2-8H2,1H3,(H,13,14). The molecule has 0 radical (unpaired) electrons. The zero-order chi connectivity index (χ0) is 13.2. The van der Waals surface area contributed by atoms with Crippen LogP contribution < -0.4 is 0 Å². The van der Waals surface area contributed by atoms with Crippen molar-refractivity contribution in [3.63, 3.8) is 0 Å². The lowest BCUT2D eigenvalue weighted by Gasteiger charge is -2.37. The summed E-state index contributed by atoms with van der Waals surface area (Å²) >= 11 is 0. The molecule has 2 rings (SSSR count). The fourth-order valence-corrected chi connectivity index (χ4v) is 4.50. The molecule has 2 heterocycles. The summed E-state index contributed by atoms with van der Waals surface area (Å²) in [6.07, 6.45) is 2.56. The van der Waals surface area contributed by atoms with Crippen molar-refractivity contribution < 1.29 is 23.6 Å². The molecule has 2 fully saturated rings. The molecule has 0 amide bonds. The minimum atomic E-state index is -1.33. The predicted molar refractivity (Wildman–Crippen MR) is 67.0 cm³/mol. The Morgan fingerprint density at radius 1 is 1.56 bits per heavy atom. The van der Waals surface area contributed by atoms with Gasteiger partial charge in [-0.2, -0.15) is 0 Å². The maximum absolute atomic E-state index is 12.3. The number of aliphatic carboxylic acids is 1. The minimum Gasteiger partial charge on any atom is -0.480 e. The highest BCUT2D eigenvalue weighted by Crippen LogP contribution is 2.35. The van der Waals surface area contributed by atoms with E-state index in [1.54, 1.807) is 6.92 Å². The number of carboxylic acids is 1. The van der Waals surface area contributed by atoms with E-state index < -0.39 is 22.0 Å². The van der Waals surface area contributed by atoms with Gasteiger partial charge in [0.05, 0.1) is 12.2 Å². The molecule has 6 heteroatoms. The van der Waals surface area contributed by atoms with Crippen LogP contribution in [-0.2, 0) is 25.1 Å². The molecule has 0 aliphatic carbocycles. The van der Waals surface area contributed by atoms with Crippen molar-refractivity contribution in [3.8, 4) is 0 Å².